The molecule has 0 fully saturated rings. The summed E-state index contributed by atoms with van der Waals surface area (Å²) in [7, 11) is 0. The third kappa shape index (κ3) is 2.99. The molecule has 6 heteroatoms. The summed E-state index contributed by atoms with van der Waals surface area (Å²) in [5.41, 5.74) is 12.2. The molecule has 0 spiro atoms. The largest absolute Gasteiger partial charge is 0.399 e. The Morgan fingerprint density at radius 2 is 1.89 bits per heavy atom. The normalized spacial score (nSPS) is 10.2. The van der Waals surface area contributed by atoms with Crippen molar-refractivity contribution in [2.45, 2.75) is 6.54 Å². The lowest BCUT2D eigenvalue weighted by Crippen LogP contribution is -2.43. The quantitative estimate of drug-likeness (QED) is 0.325. The van der Waals surface area contributed by atoms with Crippen LogP contribution < -0.4 is 21.1 Å². The Kier molecular flexibility index (Phi) is 3.63. The summed E-state index contributed by atoms with van der Waals surface area (Å²) in [5.74, 6) is -0.493. The fraction of sp³-hybridized carbons (Fsp3) is 0.0769. The highest BCUT2D eigenvalue weighted by atomic mass is 16.5. The molecule has 1 amide bonds. The lowest BCUT2D eigenvalue weighted by atomic mass is 10.2. The molecule has 98 valence electrons. The van der Waals surface area contributed by atoms with Crippen molar-refractivity contribution in [1.82, 2.24) is 0 Å². The summed E-state index contributed by atoms with van der Waals surface area (Å²) in [5, 5.41) is 10.4. The van der Waals surface area contributed by atoms with Crippen molar-refractivity contribution in [2.75, 3.05) is 16.5 Å². The number of pyridine rings is 1. The molecule has 1 aromatic heterocycles. The molecule has 6 nitrogen and oxygen atoms in total. The molecule has 0 unspecified atom stereocenters. The maximum atomic E-state index is 11.9. The number of nitrogen functional groups attached to an aromatic ring is 2. The van der Waals surface area contributed by atoms with Crippen LogP contribution in [0.1, 0.15) is 0 Å². The first kappa shape index (κ1) is 12.8. The van der Waals surface area contributed by atoms with Gasteiger partial charge in [-0.3, -0.25) is 10.0 Å². The second-order valence-corrected chi connectivity index (χ2v) is 4.07. The number of aromatic nitrogens is 1. The number of rotatable bonds is 3. The minimum Gasteiger partial charge on any atom is -0.399 e. The van der Waals surface area contributed by atoms with E-state index in [1.165, 1.54) is 12.1 Å². The van der Waals surface area contributed by atoms with E-state index >= 15 is 0 Å². The SMILES string of the molecule is Nc1ccc(N(O)C(=O)C[n+]2ccccc2)c(N)c1. The Morgan fingerprint density at radius 3 is 2.53 bits per heavy atom. The summed E-state index contributed by atoms with van der Waals surface area (Å²) in [6.45, 7) is 0.0150. The number of nitrogens with zero attached hydrogens (tertiary/aromatic N) is 2. The Hall–Kier alpha value is -2.60. The predicted molar refractivity (Wildman–Crippen MR) is 71.2 cm³/mol. The zero-order valence-electron chi connectivity index (χ0n) is 10.2. The second kappa shape index (κ2) is 5.36. The minimum absolute atomic E-state index is 0.0150. The van der Waals surface area contributed by atoms with Crippen molar-refractivity contribution in [3.63, 3.8) is 0 Å². The molecule has 2 rings (SSSR count). The van der Waals surface area contributed by atoms with Crippen LogP contribution in [0.2, 0.25) is 0 Å². The van der Waals surface area contributed by atoms with E-state index in [0.29, 0.717) is 10.8 Å². The van der Waals surface area contributed by atoms with Gasteiger partial charge in [0.05, 0.1) is 11.4 Å². The molecule has 1 aromatic carbocycles. The van der Waals surface area contributed by atoms with Crippen molar-refractivity contribution < 1.29 is 14.6 Å². The van der Waals surface area contributed by atoms with E-state index in [2.05, 4.69) is 0 Å². The average molecular weight is 259 g/mol. The molecule has 19 heavy (non-hydrogen) atoms. The van der Waals surface area contributed by atoms with Gasteiger partial charge in [0, 0.05) is 17.8 Å². The van der Waals surface area contributed by atoms with Crippen LogP contribution in [0.3, 0.4) is 0 Å². The zero-order chi connectivity index (χ0) is 13.8. The molecule has 0 bridgehead atoms. The number of hydrogen-bond acceptors (Lipinski definition) is 4. The van der Waals surface area contributed by atoms with Crippen LogP contribution >= 0.6 is 0 Å². The molecule has 0 aliphatic heterocycles. The third-order valence-electron chi connectivity index (χ3n) is 2.61. The lowest BCUT2D eigenvalue weighted by molar-refractivity contribution is -0.684. The standard InChI is InChI=1S/C13H15N4O2/c14-10-4-5-12(11(15)8-10)17(19)13(18)9-16-6-2-1-3-7-16/h1-8,19H,9,14-15H2/q+1. The molecule has 5 N–H and O–H groups in total. The van der Waals surface area contributed by atoms with Crippen LogP contribution in [0.25, 0.3) is 0 Å². The molecular formula is C13H15N4O2+. The topological polar surface area (TPSA) is 96.5 Å². The molecule has 0 radical (unpaired) electrons. The monoisotopic (exact) mass is 259 g/mol. The van der Waals surface area contributed by atoms with Crippen LogP contribution in [0.15, 0.2) is 48.8 Å². The first-order chi connectivity index (χ1) is 9.08. The molecule has 0 aliphatic rings. The van der Waals surface area contributed by atoms with E-state index < -0.39 is 5.91 Å². The Bertz CT molecular complexity index is 586. The number of nitrogens with two attached hydrogens (primary N) is 2. The van der Waals surface area contributed by atoms with Crippen LogP contribution in [-0.4, -0.2) is 11.1 Å². The molecule has 2 aromatic rings. The van der Waals surface area contributed by atoms with Crippen molar-refractivity contribution in [2.24, 2.45) is 0 Å². The number of carbonyl (C=O) groups excluding carboxylic acids is 1. The first-order valence-electron chi connectivity index (χ1n) is 5.69. The number of carbonyl (C=O) groups is 1. The molecule has 1 heterocycles. The summed E-state index contributed by atoms with van der Waals surface area (Å²) in [6, 6.07) is 9.99. The smallest absolute Gasteiger partial charge is 0.316 e. The fourth-order valence-corrected chi connectivity index (χ4v) is 1.66. The number of benzene rings is 1. The third-order valence-corrected chi connectivity index (χ3v) is 2.61. The highest BCUT2D eigenvalue weighted by Crippen LogP contribution is 2.24. The maximum Gasteiger partial charge on any atom is 0.316 e. The highest BCUT2D eigenvalue weighted by Gasteiger charge is 2.19. The Morgan fingerprint density at radius 1 is 1.21 bits per heavy atom. The van der Waals surface area contributed by atoms with Gasteiger partial charge < -0.3 is 11.5 Å². The van der Waals surface area contributed by atoms with Gasteiger partial charge in [-0.25, -0.2) is 0 Å². The molecule has 0 saturated carbocycles. The highest BCUT2D eigenvalue weighted by molar-refractivity contribution is 5.93. The average Bonchev–Trinajstić information content (AvgIpc) is 2.39. The summed E-state index contributed by atoms with van der Waals surface area (Å²) >= 11 is 0. The Balaban J connectivity index is 2.15. The summed E-state index contributed by atoms with van der Waals surface area (Å²) in [6.07, 6.45) is 3.47. The number of amides is 1. The maximum absolute atomic E-state index is 11.9. The van der Waals surface area contributed by atoms with E-state index in [9.17, 15) is 10.0 Å². The number of hydroxylamine groups is 1. The second-order valence-electron chi connectivity index (χ2n) is 4.07. The van der Waals surface area contributed by atoms with Crippen LogP contribution in [0.5, 0.6) is 0 Å². The van der Waals surface area contributed by atoms with Gasteiger partial charge in [-0.15, -0.1) is 0 Å². The van der Waals surface area contributed by atoms with Gasteiger partial charge >= 0.3 is 5.91 Å². The summed E-state index contributed by atoms with van der Waals surface area (Å²) < 4.78 is 1.65. The van der Waals surface area contributed by atoms with E-state index in [0.717, 1.165) is 0 Å². The van der Waals surface area contributed by atoms with E-state index in [4.69, 9.17) is 11.5 Å². The van der Waals surface area contributed by atoms with Crippen molar-refractivity contribution in [3.05, 3.63) is 48.8 Å². The number of hydrogen-bond donors (Lipinski definition) is 3. The predicted octanol–water partition coefficient (Wildman–Crippen LogP) is 0.561. The van der Waals surface area contributed by atoms with E-state index in [-0.39, 0.29) is 17.9 Å². The van der Waals surface area contributed by atoms with Gasteiger partial charge in [-0.05, 0) is 18.2 Å². The Labute approximate surface area is 110 Å². The van der Waals surface area contributed by atoms with Gasteiger partial charge in [0.2, 0.25) is 6.54 Å². The summed E-state index contributed by atoms with van der Waals surface area (Å²) in [4.78, 5) is 11.9. The van der Waals surface area contributed by atoms with Crippen molar-refractivity contribution >= 4 is 23.0 Å². The van der Waals surface area contributed by atoms with E-state index in [1.807, 2.05) is 6.07 Å². The first-order valence-corrected chi connectivity index (χ1v) is 5.69. The molecular weight excluding hydrogens is 244 g/mol. The van der Waals surface area contributed by atoms with Gasteiger partial charge in [0.15, 0.2) is 12.4 Å². The van der Waals surface area contributed by atoms with Gasteiger partial charge in [-0.2, -0.15) is 9.63 Å². The fourth-order valence-electron chi connectivity index (χ4n) is 1.66. The van der Waals surface area contributed by atoms with Gasteiger partial charge in [0.1, 0.15) is 0 Å². The molecule has 0 aliphatic carbocycles. The van der Waals surface area contributed by atoms with Crippen LogP contribution in [0, 0.1) is 0 Å². The van der Waals surface area contributed by atoms with Crippen molar-refractivity contribution in [1.29, 1.82) is 0 Å². The zero-order valence-corrected chi connectivity index (χ0v) is 10.2. The lowest BCUT2D eigenvalue weighted by Gasteiger charge is -2.15. The van der Waals surface area contributed by atoms with Crippen LogP contribution in [0.4, 0.5) is 17.1 Å². The van der Waals surface area contributed by atoms with Crippen molar-refractivity contribution in [3.8, 4) is 0 Å². The van der Waals surface area contributed by atoms with Crippen LogP contribution in [-0.2, 0) is 11.3 Å². The molecule has 0 atom stereocenters. The molecule has 0 saturated heterocycles. The van der Waals surface area contributed by atoms with E-state index in [1.54, 1.807) is 35.2 Å². The van der Waals surface area contributed by atoms with Gasteiger partial charge in [0.25, 0.3) is 0 Å². The number of anilines is 3. The minimum atomic E-state index is -0.493. The van der Waals surface area contributed by atoms with Gasteiger partial charge in [-0.1, -0.05) is 6.07 Å².